The van der Waals surface area contributed by atoms with Crippen LogP contribution in [0.5, 0.6) is 0 Å². The molecule has 4 rings (SSSR count). The lowest BCUT2D eigenvalue weighted by Crippen LogP contribution is -2.49. The van der Waals surface area contributed by atoms with Gasteiger partial charge in [0.1, 0.15) is 0 Å². The zero-order chi connectivity index (χ0) is 21.5. The van der Waals surface area contributed by atoms with Crippen LogP contribution < -0.4 is 0 Å². The summed E-state index contributed by atoms with van der Waals surface area (Å²) in [7, 11) is 0. The average Bonchev–Trinajstić information content (AvgIpc) is 3.05. The monoisotopic (exact) mass is 410 g/mol. The van der Waals surface area contributed by atoms with Gasteiger partial charge in [-0.2, -0.15) is 0 Å². The van der Waals surface area contributed by atoms with Crippen molar-refractivity contribution in [2.24, 2.45) is 46.3 Å². The lowest BCUT2D eigenvalue weighted by Gasteiger charge is -2.57. The highest BCUT2D eigenvalue weighted by Crippen LogP contribution is 2.67. The summed E-state index contributed by atoms with van der Waals surface area (Å²) in [4.78, 5) is 0. The van der Waals surface area contributed by atoms with Crippen LogP contribution in [0.4, 0.5) is 0 Å². The van der Waals surface area contributed by atoms with Gasteiger partial charge in [0, 0.05) is 6.42 Å². The topological polar surface area (TPSA) is 9.23 Å². The summed E-state index contributed by atoms with van der Waals surface area (Å²) in [6, 6.07) is 0. The van der Waals surface area contributed by atoms with E-state index in [2.05, 4.69) is 65.8 Å². The first-order chi connectivity index (χ1) is 14.3. The van der Waals surface area contributed by atoms with Gasteiger partial charge in [0.15, 0.2) is 0 Å². The number of hydrogen-bond acceptors (Lipinski definition) is 1. The Morgan fingerprint density at radius 2 is 1.90 bits per heavy atom. The van der Waals surface area contributed by atoms with Gasteiger partial charge in [-0.3, -0.25) is 0 Å². The van der Waals surface area contributed by atoms with E-state index >= 15 is 0 Å². The molecular formula is C29H46O. The number of hydrogen-bond donors (Lipinski definition) is 0. The Balaban J connectivity index is 1.53. The quantitative estimate of drug-likeness (QED) is 0.400. The van der Waals surface area contributed by atoms with E-state index in [4.69, 9.17) is 4.74 Å². The zero-order valence-corrected chi connectivity index (χ0v) is 20.5. The Morgan fingerprint density at radius 3 is 2.63 bits per heavy atom. The summed E-state index contributed by atoms with van der Waals surface area (Å²) in [5.74, 6) is 6.30. The van der Waals surface area contributed by atoms with Crippen molar-refractivity contribution in [1.29, 1.82) is 0 Å². The number of fused-ring (bicyclic) bond motifs is 5. The molecule has 1 unspecified atom stereocenters. The van der Waals surface area contributed by atoms with Crippen LogP contribution >= 0.6 is 0 Å². The van der Waals surface area contributed by atoms with Crippen LogP contribution in [0, 0.1) is 46.3 Å². The molecule has 0 aromatic carbocycles. The fourth-order valence-corrected chi connectivity index (χ4v) is 8.20. The standard InChI is InChI=1S/C29H46O/c1-7-30-23-15-17-28(5)22(19-23)11-12-24-26-14-13-25(21(4)10-8-9-20(2)3)29(26,6)18-16-27(24)28/h8,10-11,19-21,24-27H,7,9,12-18H2,1-6H3/b10-8+/t21-,24+,25-,26+,27?,28+,29-/m1/s1. The number of rotatable bonds is 6. The van der Waals surface area contributed by atoms with E-state index in [-0.39, 0.29) is 0 Å². The molecule has 0 spiro atoms. The second-order valence-corrected chi connectivity index (χ2v) is 11.9. The first-order valence-electron chi connectivity index (χ1n) is 13.0. The molecule has 0 radical (unpaired) electrons. The molecule has 0 aliphatic heterocycles. The van der Waals surface area contributed by atoms with Crippen molar-refractivity contribution in [3.63, 3.8) is 0 Å². The average molecular weight is 411 g/mol. The molecule has 1 heteroatoms. The molecule has 0 heterocycles. The predicted octanol–water partition coefficient (Wildman–Crippen LogP) is 8.33. The molecule has 0 aromatic heterocycles. The van der Waals surface area contributed by atoms with Crippen LogP contribution in [0.2, 0.25) is 0 Å². The van der Waals surface area contributed by atoms with Crippen molar-refractivity contribution in [3.05, 3.63) is 35.6 Å². The van der Waals surface area contributed by atoms with Gasteiger partial charge in [-0.25, -0.2) is 0 Å². The van der Waals surface area contributed by atoms with Crippen molar-refractivity contribution < 1.29 is 4.74 Å². The first-order valence-corrected chi connectivity index (χ1v) is 13.0. The van der Waals surface area contributed by atoms with Crippen LogP contribution in [0.15, 0.2) is 35.6 Å². The summed E-state index contributed by atoms with van der Waals surface area (Å²) < 4.78 is 5.90. The number of allylic oxidation sites excluding steroid dienone is 6. The van der Waals surface area contributed by atoms with Gasteiger partial charge >= 0.3 is 0 Å². The Bertz CT molecular complexity index is 712. The molecule has 2 fully saturated rings. The SMILES string of the molecule is CCOC1=CC2=CC[C@@H]3C(CC[C@]4(C)[C@@H]([C@H](C)/C=C/CC(C)C)CC[C@@H]34)[C@@]2(C)CC1. The molecule has 0 bridgehead atoms. The van der Waals surface area contributed by atoms with Crippen LogP contribution in [0.25, 0.3) is 0 Å². The van der Waals surface area contributed by atoms with Crippen molar-refractivity contribution in [2.45, 2.75) is 92.9 Å². The molecule has 1 nitrogen and oxygen atoms in total. The lowest BCUT2D eigenvalue weighted by atomic mass is 9.47. The van der Waals surface area contributed by atoms with Crippen LogP contribution in [-0.2, 0) is 4.74 Å². The van der Waals surface area contributed by atoms with Gasteiger partial charge in [0.25, 0.3) is 0 Å². The summed E-state index contributed by atoms with van der Waals surface area (Å²) in [5.41, 5.74) is 2.53. The van der Waals surface area contributed by atoms with E-state index in [1.165, 1.54) is 50.7 Å². The minimum Gasteiger partial charge on any atom is -0.498 e. The summed E-state index contributed by atoms with van der Waals surface area (Å²) >= 11 is 0. The minimum atomic E-state index is 0.381. The van der Waals surface area contributed by atoms with Crippen LogP contribution in [0.3, 0.4) is 0 Å². The normalized spacial score (nSPS) is 41.7. The van der Waals surface area contributed by atoms with Gasteiger partial charge in [0.05, 0.1) is 12.4 Å². The highest BCUT2D eigenvalue weighted by molar-refractivity contribution is 5.35. The van der Waals surface area contributed by atoms with E-state index in [0.717, 1.165) is 48.5 Å². The Labute approximate surface area is 186 Å². The van der Waals surface area contributed by atoms with Crippen molar-refractivity contribution >= 4 is 0 Å². The summed E-state index contributed by atoms with van der Waals surface area (Å²) in [6.07, 6.45) is 20.8. The van der Waals surface area contributed by atoms with Gasteiger partial charge < -0.3 is 4.74 Å². The van der Waals surface area contributed by atoms with E-state index in [1.54, 1.807) is 5.57 Å². The molecule has 0 N–H and O–H groups in total. The maximum Gasteiger partial charge on any atom is 0.0962 e. The summed E-state index contributed by atoms with van der Waals surface area (Å²) in [5, 5.41) is 0. The Kier molecular flexibility index (Phi) is 6.31. The molecule has 7 atom stereocenters. The van der Waals surface area contributed by atoms with Gasteiger partial charge in [-0.15, -0.1) is 0 Å². The van der Waals surface area contributed by atoms with Crippen molar-refractivity contribution in [1.82, 2.24) is 0 Å². The molecule has 2 saturated carbocycles. The van der Waals surface area contributed by atoms with E-state index in [1.807, 2.05) is 0 Å². The highest BCUT2D eigenvalue weighted by atomic mass is 16.5. The third kappa shape index (κ3) is 3.73. The molecule has 4 aliphatic carbocycles. The van der Waals surface area contributed by atoms with Gasteiger partial charge in [-0.05, 0) is 110 Å². The lowest BCUT2D eigenvalue weighted by molar-refractivity contribution is -0.0428. The highest BCUT2D eigenvalue weighted by Gasteiger charge is 2.58. The molecule has 4 aliphatic rings. The smallest absolute Gasteiger partial charge is 0.0962 e. The van der Waals surface area contributed by atoms with Gasteiger partial charge in [0.2, 0.25) is 0 Å². The Morgan fingerprint density at radius 1 is 1.10 bits per heavy atom. The first kappa shape index (κ1) is 22.2. The Hall–Kier alpha value is -0.980. The van der Waals surface area contributed by atoms with Crippen LogP contribution in [0.1, 0.15) is 92.9 Å². The van der Waals surface area contributed by atoms with Gasteiger partial charge in [-0.1, -0.05) is 52.8 Å². The molecule has 0 aromatic rings. The summed E-state index contributed by atoms with van der Waals surface area (Å²) in [6.45, 7) is 15.3. The predicted molar refractivity (Wildman–Crippen MR) is 128 cm³/mol. The fourth-order valence-electron chi connectivity index (χ4n) is 8.20. The van der Waals surface area contributed by atoms with Crippen LogP contribution in [-0.4, -0.2) is 6.61 Å². The third-order valence-electron chi connectivity index (χ3n) is 9.82. The largest absolute Gasteiger partial charge is 0.498 e. The van der Waals surface area contributed by atoms with Crippen molar-refractivity contribution in [2.75, 3.05) is 6.61 Å². The molecular weight excluding hydrogens is 364 g/mol. The minimum absolute atomic E-state index is 0.381. The fraction of sp³-hybridized carbons (Fsp3) is 0.793. The van der Waals surface area contributed by atoms with E-state index in [0.29, 0.717) is 10.8 Å². The maximum atomic E-state index is 5.90. The molecule has 0 amide bonds. The van der Waals surface area contributed by atoms with Crippen molar-refractivity contribution in [3.8, 4) is 0 Å². The molecule has 168 valence electrons. The van der Waals surface area contributed by atoms with E-state index < -0.39 is 0 Å². The number of ether oxygens (including phenoxy) is 1. The molecule has 0 saturated heterocycles. The second-order valence-electron chi connectivity index (χ2n) is 11.9. The van der Waals surface area contributed by atoms with E-state index in [9.17, 15) is 0 Å². The molecule has 30 heavy (non-hydrogen) atoms. The maximum absolute atomic E-state index is 5.90. The third-order valence-corrected chi connectivity index (χ3v) is 9.82. The second kappa shape index (κ2) is 8.51. The zero-order valence-electron chi connectivity index (χ0n) is 20.5.